The topological polar surface area (TPSA) is 78.9 Å². The summed E-state index contributed by atoms with van der Waals surface area (Å²) in [5.74, 6) is 0.897. The minimum Gasteiger partial charge on any atom is -0.371 e. The van der Waals surface area contributed by atoms with Gasteiger partial charge in [-0.3, -0.25) is 0 Å². The molecule has 1 aromatic heterocycles. The molecule has 0 amide bonds. The van der Waals surface area contributed by atoms with Crippen LogP contribution in [0.1, 0.15) is 26.7 Å². The number of aromatic nitrogens is 4. The van der Waals surface area contributed by atoms with Crippen molar-refractivity contribution in [1.29, 1.82) is 0 Å². The number of rotatable bonds is 5. The molecule has 1 unspecified atom stereocenters. The van der Waals surface area contributed by atoms with E-state index in [2.05, 4.69) is 29.4 Å². The second kappa shape index (κ2) is 5.32. The van der Waals surface area contributed by atoms with Gasteiger partial charge in [0.05, 0.1) is 18.2 Å². The number of nitrogens with zero attached hydrogens (tertiary/aromatic N) is 4. The molecule has 1 saturated heterocycles. The van der Waals surface area contributed by atoms with Gasteiger partial charge in [-0.05, 0) is 37.1 Å². The molecule has 17 heavy (non-hydrogen) atoms. The Labute approximate surface area is 105 Å². The minimum absolute atomic E-state index is 0.0222. The summed E-state index contributed by atoms with van der Waals surface area (Å²) in [4.78, 5) is 0. The predicted octanol–water partition coefficient (Wildman–Crippen LogP) is 0.682. The third-order valence-corrected chi connectivity index (χ3v) is 3.88. The summed E-state index contributed by atoms with van der Waals surface area (Å²) < 4.78 is 7.66. The molecular formula is C10H19N5OS. The van der Waals surface area contributed by atoms with Crippen molar-refractivity contribution in [2.24, 2.45) is 5.73 Å². The molecule has 0 saturated carbocycles. The van der Waals surface area contributed by atoms with Gasteiger partial charge in [0, 0.05) is 12.3 Å². The van der Waals surface area contributed by atoms with Gasteiger partial charge in [0.1, 0.15) is 0 Å². The van der Waals surface area contributed by atoms with E-state index in [0.717, 1.165) is 23.8 Å². The first-order chi connectivity index (χ1) is 8.11. The Kier molecular flexibility index (Phi) is 4.01. The van der Waals surface area contributed by atoms with Gasteiger partial charge in [-0.25, -0.2) is 4.68 Å². The van der Waals surface area contributed by atoms with Crippen LogP contribution in [0.4, 0.5) is 0 Å². The minimum atomic E-state index is 0.0222. The molecule has 2 N–H and O–H groups in total. The fraction of sp³-hybridized carbons (Fsp3) is 0.900. The van der Waals surface area contributed by atoms with Gasteiger partial charge in [0.15, 0.2) is 0 Å². The van der Waals surface area contributed by atoms with Crippen molar-refractivity contribution in [1.82, 2.24) is 20.2 Å². The highest BCUT2D eigenvalue weighted by molar-refractivity contribution is 7.99. The molecule has 0 aromatic carbocycles. The van der Waals surface area contributed by atoms with Gasteiger partial charge >= 0.3 is 0 Å². The van der Waals surface area contributed by atoms with Crippen LogP contribution in [0.2, 0.25) is 0 Å². The largest absolute Gasteiger partial charge is 0.371 e. The summed E-state index contributed by atoms with van der Waals surface area (Å²) in [5.41, 5.74) is 5.51. The summed E-state index contributed by atoms with van der Waals surface area (Å²) >= 11 is 1.64. The predicted molar refractivity (Wildman–Crippen MR) is 65.8 cm³/mol. The molecule has 0 radical (unpaired) electrons. The van der Waals surface area contributed by atoms with E-state index in [9.17, 15) is 0 Å². The highest BCUT2D eigenvalue weighted by Gasteiger charge is 2.31. The number of nitrogens with two attached hydrogens (primary N) is 1. The van der Waals surface area contributed by atoms with Crippen molar-refractivity contribution in [3.63, 3.8) is 0 Å². The van der Waals surface area contributed by atoms with Gasteiger partial charge in [0.25, 0.3) is 0 Å². The molecule has 1 aliphatic rings. The van der Waals surface area contributed by atoms with Crippen LogP contribution in [0.3, 0.4) is 0 Å². The van der Waals surface area contributed by atoms with Crippen molar-refractivity contribution < 1.29 is 4.74 Å². The van der Waals surface area contributed by atoms with E-state index in [1.165, 1.54) is 0 Å². The lowest BCUT2D eigenvalue weighted by Crippen LogP contribution is -2.21. The molecule has 0 spiro atoms. The van der Waals surface area contributed by atoms with E-state index in [1.807, 2.05) is 0 Å². The van der Waals surface area contributed by atoms with Gasteiger partial charge in [-0.1, -0.05) is 11.8 Å². The fourth-order valence-electron chi connectivity index (χ4n) is 1.92. The Hall–Kier alpha value is -0.660. The van der Waals surface area contributed by atoms with Crippen LogP contribution < -0.4 is 5.73 Å². The van der Waals surface area contributed by atoms with Crippen molar-refractivity contribution in [3.8, 4) is 0 Å². The maximum Gasteiger partial charge on any atom is 0.209 e. The molecule has 6 nitrogen and oxygen atoms in total. The smallest absolute Gasteiger partial charge is 0.209 e. The lowest BCUT2D eigenvalue weighted by atomic mass is 10.1. The Morgan fingerprint density at radius 2 is 2.41 bits per heavy atom. The Morgan fingerprint density at radius 3 is 3.06 bits per heavy atom. The normalized spacial score (nSPS) is 23.1. The second-order valence-corrected chi connectivity index (χ2v) is 5.81. The molecule has 0 aliphatic carbocycles. The lowest BCUT2D eigenvalue weighted by molar-refractivity contribution is -0.00469. The summed E-state index contributed by atoms with van der Waals surface area (Å²) in [6.45, 7) is 5.48. The SMILES string of the molecule is CC1(C)CCC(CSc2nnnn2CCN)O1. The van der Waals surface area contributed by atoms with Gasteiger partial charge in [0.2, 0.25) is 5.16 Å². The summed E-state index contributed by atoms with van der Waals surface area (Å²) in [7, 11) is 0. The highest BCUT2D eigenvalue weighted by Crippen LogP contribution is 2.32. The average molecular weight is 257 g/mol. The zero-order valence-electron chi connectivity index (χ0n) is 10.3. The van der Waals surface area contributed by atoms with E-state index in [0.29, 0.717) is 19.2 Å². The Bertz CT molecular complexity index is 367. The quantitative estimate of drug-likeness (QED) is 0.782. The molecule has 7 heteroatoms. The van der Waals surface area contributed by atoms with Crippen LogP contribution in [0.15, 0.2) is 5.16 Å². The van der Waals surface area contributed by atoms with Crippen LogP contribution in [-0.2, 0) is 11.3 Å². The first kappa shape index (κ1) is 12.8. The maximum absolute atomic E-state index is 5.92. The van der Waals surface area contributed by atoms with Crippen LogP contribution in [0.25, 0.3) is 0 Å². The summed E-state index contributed by atoms with van der Waals surface area (Å²) in [6, 6.07) is 0. The van der Waals surface area contributed by atoms with Crippen molar-refractivity contribution in [3.05, 3.63) is 0 Å². The summed E-state index contributed by atoms with van der Waals surface area (Å²) in [6.07, 6.45) is 2.53. The van der Waals surface area contributed by atoms with E-state index in [-0.39, 0.29) is 5.60 Å². The first-order valence-electron chi connectivity index (χ1n) is 5.87. The fourth-order valence-corrected chi connectivity index (χ4v) is 2.87. The van der Waals surface area contributed by atoms with E-state index in [4.69, 9.17) is 10.5 Å². The number of thioether (sulfide) groups is 1. The van der Waals surface area contributed by atoms with Crippen molar-refractivity contribution in [2.45, 2.75) is 50.1 Å². The Balaban J connectivity index is 1.84. The number of tetrazole rings is 1. The monoisotopic (exact) mass is 257 g/mol. The lowest BCUT2D eigenvalue weighted by Gasteiger charge is -2.18. The first-order valence-corrected chi connectivity index (χ1v) is 6.86. The third-order valence-electron chi connectivity index (χ3n) is 2.79. The molecule has 1 atom stereocenters. The second-order valence-electron chi connectivity index (χ2n) is 4.82. The van der Waals surface area contributed by atoms with Crippen LogP contribution >= 0.6 is 11.8 Å². The molecule has 1 aromatic rings. The molecule has 2 heterocycles. The highest BCUT2D eigenvalue weighted by atomic mass is 32.2. The average Bonchev–Trinajstić information content (AvgIpc) is 2.83. The number of ether oxygens (including phenoxy) is 1. The van der Waals surface area contributed by atoms with Crippen molar-refractivity contribution in [2.75, 3.05) is 12.3 Å². The number of hydrogen-bond donors (Lipinski definition) is 1. The standard InChI is InChI=1S/C10H19N5OS/c1-10(2)4-3-8(16-10)7-17-9-12-13-14-15(9)6-5-11/h8H,3-7,11H2,1-2H3. The van der Waals surface area contributed by atoms with Gasteiger partial charge < -0.3 is 10.5 Å². The molecule has 2 rings (SSSR count). The zero-order chi connectivity index (χ0) is 12.3. The van der Waals surface area contributed by atoms with Crippen molar-refractivity contribution >= 4 is 11.8 Å². The molecule has 0 bridgehead atoms. The molecule has 1 aliphatic heterocycles. The van der Waals surface area contributed by atoms with Crippen LogP contribution in [0, 0.1) is 0 Å². The van der Waals surface area contributed by atoms with E-state index < -0.39 is 0 Å². The van der Waals surface area contributed by atoms with Gasteiger partial charge in [-0.15, -0.1) is 5.10 Å². The van der Waals surface area contributed by atoms with E-state index in [1.54, 1.807) is 16.4 Å². The van der Waals surface area contributed by atoms with Gasteiger partial charge in [-0.2, -0.15) is 0 Å². The Morgan fingerprint density at radius 1 is 1.59 bits per heavy atom. The number of hydrogen-bond acceptors (Lipinski definition) is 6. The zero-order valence-corrected chi connectivity index (χ0v) is 11.1. The van der Waals surface area contributed by atoms with Crippen LogP contribution in [0.5, 0.6) is 0 Å². The van der Waals surface area contributed by atoms with E-state index >= 15 is 0 Å². The third kappa shape index (κ3) is 3.40. The molecular weight excluding hydrogens is 238 g/mol. The maximum atomic E-state index is 5.92. The molecule has 96 valence electrons. The van der Waals surface area contributed by atoms with Crippen LogP contribution in [-0.4, -0.2) is 44.2 Å². The molecule has 1 fully saturated rings. The summed E-state index contributed by atoms with van der Waals surface area (Å²) in [5, 5.41) is 12.4.